The van der Waals surface area contributed by atoms with Gasteiger partial charge in [0, 0.05) is 26.1 Å². The predicted molar refractivity (Wildman–Crippen MR) is 66.9 cm³/mol. The summed E-state index contributed by atoms with van der Waals surface area (Å²) in [7, 11) is 1.70. The molecule has 2 heterocycles. The van der Waals surface area contributed by atoms with Gasteiger partial charge in [-0.3, -0.25) is 4.79 Å². The molecule has 2 rings (SSSR count). The van der Waals surface area contributed by atoms with Gasteiger partial charge in [0.05, 0.1) is 12.1 Å². The lowest BCUT2D eigenvalue weighted by Gasteiger charge is -2.47. The average molecular weight is 240 g/mol. The summed E-state index contributed by atoms with van der Waals surface area (Å²) in [6.45, 7) is 4.69. The molecule has 4 heteroatoms. The van der Waals surface area contributed by atoms with Crippen LogP contribution in [0.5, 0.6) is 0 Å². The number of nitrogens with zero attached hydrogens (tertiary/aromatic N) is 1. The van der Waals surface area contributed by atoms with Crippen LogP contribution in [0.25, 0.3) is 0 Å². The molecule has 2 aliphatic rings. The Morgan fingerprint density at radius 1 is 1.53 bits per heavy atom. The Hall–Kier alpha value is -0.610. The Kier molecular flexibility index (Phi) is 4.05. The van der Waals surface area contributed by atoms with Gasteiger partial charge in [0.2, 0.25) is 5.91 Å². The zero-order valence-electron chi connectivity index (χ0n) is 11.0. The zero-order chi connectivity index (χ0) is 12.3. The fraction of sp³-hybridized carbons (Fsp3) is 0.923. The lowest BCUT2D eigenvalue weighted by Crippen LogP contribution is -2.62. The smallest absolute Gasteiger partial charge is 0.223 e. The number of likely N-dealkylation sites (tertiary alicyclic amines) is 1. The van der Waals surface area contributed by atoms with E-state index in [1.807, 2.05) is 0 Å². The first kappa shape index (κ1) is 12.8. The number of ether oxygens (including phenoxy) is 1. The maximum absolute atomic E-state index is 12.1. The molecule has 0 saturated carbocycles. The second kappa shape index (κ2) is 5.36. The van der Waals surface area contributed by atoms with Gasteiger partial charge in [0.25, 0.3) is 0 Å². The number of hydrogen-bond donors (Lipinski definition) is 1. The molecule has 2 fully saturated rings. The quantitative estimate of drug-likeness (QED) is 0.801. The summed E-state index contributed by atoms with van der Waals surface area (Å²) in [5, 5.41) is 3.59. The van der Waals surface area contributed by atoms with E-state index in [1.54, 1.807) is 7.11 Å². The molecule has 1 N–H and O–H groups in total. The molecule has 0 aromatic carbocycles. The third kappa shape index (κ3) is 2.20. The summed E-state index contributed by atoms with van der Waals surface area (Å²) in [6, 6.07) is 0.458. The fourth-order valence-corrected chi connectivity index (χ4v) is 3.55. The molecular formula is C13H24N2O2. The number of rotatable bonds is 4. The lowest BCUT2D eigenvalue weighted by atomic mass is 9.79. The highest BCUT2D eigenvalue weighted by atomic mass is 16.5. The summed E-state index contributed by atoms with van der Waals surface area (Å²) in [6.07, 6.45) is 5.14. The van der Waals surface area contributed by atoms with Gasteiger partial charge in [0.1, 0.15) is 0 Å². The molecule has 2 saturated heterocycles. The Morgan fingerprint density at radius 2 is 2.35 bits per heavy atom. The van der Waals surface area contributed by atoms with Crippen LogP contribution in [0.2, 0.25) is 0 Å². The highest BCUT2D eigenvalue weighted by Crippen LogP contribution is 2.40. The Morgan fingerprint density at radius 3 is 3.06 bits per heavy atom. The zero-order valence-corrected chi connectivity index (χ0v) is 11.0. The molecule has 0 unspecified atom stereocenters. The molecule has 2 atom stereocenters. The van der Waals surface area contributed by atoms with Crippen molar-refractivity contribution in [3.05, 3.63) is 0 Å². The van der Waals surface area contributed by atoms with Crippen LogP contribution < -0.4 is 5.32 Å². The molecular weight excluding hydrogens is 216 g/mol. The molecule has 0 aliphatic carbocycles. The van der Waals surface area contributed by atoms with Crippen LogP contribution >= 0.6 is 0 Å². The summed E-state index contributed by atoms with van der Waals surface area (Å²) in [5.74, 6) is 0.309. The highest BCUT2D eigenvalue weighted by Gasteiger charge is 2.50. The first-order valence-corrected chi connectivity index (χ1v) is 6.77. The summed E-state index contributed by atoms with van der Waals surface area (Å²) < 4.78 is 5.14. The molecule has 0 aromatic rings. The lowest BCUT2D eigenvalue weighted by molar-refractivity contribution is -0.133. The van der Waals surface area contributed by atoms with Crippen LogP contribution in [0.3, 0.4) is 0 Å². The van der Waals surface area contributed by atoms with E-state index in [1.165, 1.54) is 6.42 Å². The Balaban J connectivity index is 2.16. The van der Waals surface area contributed by atoms with Crippen LogP contribution in [0.4, 0.5) is 0 Å². The molecule has 2 aliphatic heterocycles. The number of piperidine rings is 1. The van der Waals surface area contributed by atoms with Gasteiger partial charge in [-0.05, 0) is 32.2 Å². The largest absolute Gasteiger partial charge is 0.383 e. The van der Waals surface area contributed by atoms with E-state index in [2.05, 4.69) is 17.1 Å². The van der Waals surface area contributed by atoms with E-state index >= 15 is 0 Å². The van der Waals surface area contributed by atoms with E-state index in [-0.39, 0.29) is 5.54 Å². The van der Waals surface area contributed by atoms with Crippen molar-refractivity contribution in [1.29, 1.82) is 0 Å². The van der Waals surface area contributed by atoms with Gasteiger partial charge < -0.3 is 15.0 Å². The van der Waals surface area contributed by atoms with Crippen molar-refractivity contribution < 1.29 is 9.53 Å². The predicted octanol–water partition coefficient (Wildman–Crippen LogP) is 1.16. The van der Waals surface area contributed by atoms with Crippen LogP contribution in [-0.4, -0.2) is 49.2 Å². The number of hydrogen-bond acceptors (Lipinski definition) is 3. The van der Waals surface area contributed by atoms with E-state index < -0.39 is 0 Å². The van der Waals surface area contributed by atoms with E-state index in [0.717, 1.165) is 32.4 Å². The van der Waals surface area contributed by atoms with Crippen molar-refractivity contribution >= 4 is 5.91 Å². The maximum Gasteiger partial charge on any atom is 0.223 e. The van der Waals surface area contributed by atoms with Gasteiger partial charge in [-0.25, -0.2) is 0 Å². The van der Waals surface area contributed by atoms with Crippen LogP contribution in [-0.2, 0) is 9.53 Å². The summed E-state index contributed by atoms with van der Waals surface area (Å²) >= 11 is 0. The third-order valence-electron chi connectivity index (χ3n) is 4.36. The van der Waals surface area contributed by atoms with Crippen molar-refractivity contribution in [3.63, 3.8) is 0 Å². The van der Waals surface area contributed by atoms with Crippen LogP contribution in [0.15, 0.2) is 0 Å². The average Bonchev–Trinajstić information content (AvgIpc) is 2.66. The van der Waals surface area contributed by atoms with Gasteiger partial charge in [-0.1, -0.05) is 6.92 Å². The van der Waals surface area contributed by atoms with Gasteiger partial charge >= 0.3 is 0 Å². The molecule has 0 aromatic heterocycles. The van der Waals surface area contributed by atoms with E-state index in [4.69, 9.17) is 4.74 Å². The number of nitrogens with one attached hydrogen (secondary N) is 1. The number of methoxy groups -OCH3 is 1. The number of carbonyl (C=O) groups is 1. The molecule has 1 amide bonds. The SMILES string of the molecule is CC[C@@H]1NCCC[C@]12CCC(=O)N2CCOC. The highest BCUT2D eigenvalue weighted by molar-refractivity contribution is 5.80. The Bertz CT molecular complexity index is 283. The van der Waals surface area contributed by atoms with E-state index in [0.29, 0.717) is 25.0 Å². The van der Waals surface area contributed by atoms with Gasteiger partial charge in [-0.2, -0.15) is 0 Å². The van der Waals surface area contributed by atoms with Crippen LogP contribution in [0, 0.1) is 0 Å². The number of amides is 1. The Labute approximate surface area is 104 Å². The van der Waals surface area contributed by atoms with Crippen molar-refractivity contribution in [2.45, 2.75) is 50.6 Å². The minimum atomic E-state index is 0.0720. The molecule has 98 valence electrons. The monoisotopic (exact) mass is 240 g/mol. The molecule has 4 nitrogen and oxygen atoms in total. The molecule has 1 spiro atoms. The minimum Gasteiger partial charge on any atom is -0.383 e. The molecule has 0 radical (unpaired) electrons. The molecule has 0 bridgehead atoms. The van der Waals surface area contributed by atoms with Crippen molar-refractivity contribution in [2.75, 3.05) is 26.8 Å². The normalized spacial score (nSPS) is 33.6. The first-order valence-electron chi connectivity index (χ1n) is 6.77. The minimum absolute atomic E-state index is 0.0720. The number of carbonyl (C=O) groups excluding carboxylic acids is 1. The van der Waals surface area contributed by atoms with Crippen molar-refractivity contribution in [2.24, 2.45) is 0 Å². The summed E-state index contributed by atoms with van der Waals surface area (Å²) in [5.41, 5.74) is 0.0720. The second-order valence-electron chi connectivity index (χ2n) is 5.16. The fourth-order valence-electron chi connectivity index (χ4n) is 3.55. The standard InChI is InChI=1S/C13H24N2O2/c1-3-11-13(6-4-8-14-11)7-5-12(16)15(13)9-10-17-2/h11,14H,3-10H2,1-2H3/t11-,13-/m0/s1. The van der Waals surface area contributed by atoms with Gasteiger partial charge in [0.15, 0.2) is 0 Å². The van der Waals surface area contributed by atoms with E-state index in [9.17, 15) is 4.79 Å². The van der Waals surface area contributed by atoms with Crippen LogP contribution in [0.1, 0.15) is 39.0 Å². The summed E-state index contributed by atoms with van der Waals surface area (Å²) in [4.78, 5) is 14.2. The van der Waals surface area contributed by atoms with Crippen molar-refractivity contribution in [3.8, 4) is 0 Å². The van der Waals surface area contributed by atoms with Gasteiger partial charge in [-0.15, -0.1) is 0 Å². The first-order chi connectivity index (χ1) is 8.24. The van der Waals surface area contributed by atoms with Crippen molar-refractivity contribution in [1.82, 2.24) is 10.2 Å². The maximum atomic E-state index is 12.1. The second-order valence-corrected chi connectivity index (χ2v) is 5.16. The molecule has 17 heavy (non-hydrogen) atoms. The topological polar surface area (TPSA) is 41.6 Å². The third-order valence-corrected chi connectivity index (χ3v) is 4.36.